The van der Waals surface area contributed by atoms with E-state index in [-0.39, 0.29) is 27.8 Å². The van der Waals surface area contributed by atoms with Crippen LogP contribution in [0.3, 0.4) is 0 Å². The summed E-state index contributed by atoms with van der Waals surface area (Å²) in [5.74, 6) is -2.59. The van der Waals surface area contributed by atoms with Crippen LogP contribution in [0.15, 0.2) is 42.0 Å². The lowest BCUT2D eigenvalue weighted by Crippen LogP contribution is -2.54. The minimum Gasteiger partial charge on any atom is -0.493 e. The summed E-state index contributed by atoms with van der Waals surface area (Å²) < 4.78 is 10.5. The number of halogens is 2. The number of carbonyl (C=O) groups is 4. The number of methoxy groups -OCH3 is 1. The van der Waals surface area contributed by atoms with Gasteiger partial charge in [-0.3, -0.25) is 14.9 Å². The van der Waals surface area contributed by atoms with Crippen molar-refractivity contribution < 1.29 is 33.8 Å². The molecule has 32 heavy (non-hydrogen) atoms. The molecule has 0 aromatic heterocycles. The number of carbonyl (C=O) groups excluding carboxylic acids is 3. The average Bonchev–Trinajstić information content (AvgIpc) is 2.73. The molecule has 0 bridgehead atoms. The van der Waals surface area contributed by atoms with E-state index < -0.39 is 29.9 Å². The van der Waals surface area contributed by atoms with E-state index in [4.69, 9.17) is 37.8 Å². The van der Waals surface area contributed by atoms with Gasteiger partial charge < -0.3 is 14.6 Å². The van der Waals surface area contributed by atoms with Gasteiger partial charge in [0.05, 0.1) is 17.8 Å². The maximum Gasteiger partial charge on any atom is 0.344 e. The normalized spacial score (nSPS) is 16.1. The number of aliphatic carboxylic acids is 1. The second kappa shape index (κ2) is 9.29. The van der Waals surface area contributed by atoms with Crippen LogP contribution in [0.2, 0.25) is 10.0 Å². The number of carboxylic acids is 1. The first-order valence-electron chi connectivity index (χ1n) is 9.06. The molecule has 2 aromatic carbocycles. The van der Waals surface area contributed by atoms with Crippen molar-refractivity contribution in [2.75, 3.05) is 12.0 Å². The Morgan fingerprint density at radius 1 is 1.12 bits per heavy atom. The van der Waals surface area contributed by atoms with Crippen molar-refractivity contribution >= 4 is 58.8 Å². The highest BCUT2D eigenvalue weighted by Crippen LogP contribution is 2.33. The summed E-state index contributed by atoms with van der Waals surface area (Å²) in [5, 5.41) is 11.5. The molecule has 166 valence electrons. The Morgan fingerprint density at radius 3 is 2.47 bits per heavy atom. The quantitative estimate of drug-likeness (QED) is 0.480. The number of anilines is 1. The highest BCUT2D eigenvalue weighted by Gasteiger charge is 2.37. The molecule has 0 saturated carbocycles. The molecule has 2 N–H and O–H groups in total. The molecule has 1 aliphatic heterocycles. The number of urea groups is 1. The van der Waals surface area contributed by atoms with Gasteiger partial charge in [0.15, 0.2) is 17.6 Å². The van der Waals surface area contributed by atoms with E-state index in [0.717, 1.165) is 4.90 Å². The van der Waals surface area contributed by atoms with Crippen LogP contribution < -0.4 is 19.7 Å². The highest BCUT2D eigenvalue weighted by atomic mass is 35.5. The van der Waals surface area contributed by atoms with Crippen LogP contribution in [-0.4, -0.2) is 42.1 Å². The Morgan fingerprint density at radius 2 is 1.84 bits per heavy atom. The number of rotatable bonds is 6. The minimum atomic E-state index is -1.16. The van der Waals surface area contributed by atoms with E-state index in [2.05, 4.69) is 5.32 Å². The molecule has 1 atom stereocenters. The van der Waals surface area contributed by atoms with Crippen LogP contribution in [-0.2, 0) is 14.4 Å². The third-order valence-corrected chi connectivity index (χ3v) is 4.94. The van der Waals surface area contributed by atoms with Gasteiger partial charge in [0.25, 0.3) is 11.8 Å². The Hall–Kier alpha value is -3.56. The molecule has 1 heterocycles. The number of barbiturate groups is 1. The first kappa shape index (κ1) is 23.1. The maximum atomic E-state index is 13.0. The molecule has 1 unspecified atom stereocenters. The number of hydrogen-bond donors (Lipinski definition) is 2. The molecule has 0 radical (unpaired) electrons. The van der Waals surface area contributed by atoms with Gasteiger partial charge in [-0.1, -0.05) is 29.3 Å². The summed E-state index contributed by atoms with van der Waals surface area (Å²) in [6.07, 6.45) is 0.135. The smallest absolute Gasteiger partial charge is 0.344 e. The van der Waals surface area contributed by atoms with E-state index in [1.54, 1.807) is 0 Å². The summed E-state index contributed by atoms with van der Waals surface area (Å²) in [6, 6.07) is 7.63. The predicted octanol–water partition coefficient (Wildman–Crippen LogP) is 3.52. The molecule has 3 rings (SSSR count). The second-order valence-electron chi connectivity index (χ2n) is 6.56. The van der Waals surface area contributed by atoms with Crippen LogP contribution >= 0.6 is 23.2 Å². The summed E-state index contributed by atoms with van der Waals surface area (Å²) in [4.78, 5) is 49.4. The van der Waals surface area contributed by atoms with E-state index in [9.17, 15) is 19.2 Å². The number of imide groups is 2. The lowest BCUT2D eigenvalue weighted by atomic mass is 10.1. The molecule has 1 fully saturated rings. The largest absolute Gasteiger partial charge is 0.493 e. The van der Waals surface area contributed by atoms with Crippen molar-refractivity contribution in [2.45, 2.75) is 13.0 Å². The highest BCUT2D eigenvalue weighted by molar-refractivity contribution is 6.42. The Bertz CT molecular complexity index is 1160. The van der Waals surface area contributed by atoms with Gasteiger partial charge in [0, 0.05) is 5.02 Å². The van der Waals surface area contributed by atoms with Crippen LogP contribution in [0.5, 0.6) is 11.5 Å². The third-order valence-electron chi connectivity index (χ3n) is 4.40. The number of carboxylic acid groups (broad SMARTS) is 1. The van der Waals surface area contributed by atoms with E-state index in [1.807, 2.05) is 0 Å². The molecule has 11 heteroatoms. The van der Waals surface area contributed by atoms with Gasteiger partial charge in [-0.15, -0.1) is 0 Å². The summed E-state index contributed by atoms with van der Waals surface area (Å²) in [7, 11) is 1.35. The average molecular weight is 479 g/mol. The van der Waals surface area contributed by atoms with Crippen LogP contribution in [0.25, 0.3) is 6.08 Å². The number of ether oxygens (including phenoxy) is 2. The fourth-order valence-electron chi connectivity index (χ4n) is 2.82. The molecule has 2 aromatic rings. The van der Waals surface area contributed by atoms with Gasteiger partial charge in [-0.05, 0) is 48.9 Å². The Balaban J connectivity index is 1.97. The molecule has 0 spiro atoms. The zero-order valence-electron chi connectivity index (χ0n) is 16.7. The first-order valence-corrected chi connectivity index (χ1v) is 9.82. The van der Waals surface area contributed by atoms with E-state index >= 15 is 0 Å². The maximum absolute atomic E-state index is 13.0. The van der Waals surface area contributed by atoms with Crippen molar-refractivity contribution in [2.24, 2.45) is 0 Å². The zero-order chi connectivity index (χ0) is 23.6. The van der Waals surface area contributed by atoms with Gasteiger partial charge in [0.2, 0.25) is 0 Å². The van der Waals surface area contributed by atoms with Gasteiger partial charge in [-0.2, -0.15) is 0 Å². The number of hydrogen-bond acceptors (Lipinski definition) is 6. The predicted molar refractivity (Wildman–Crippen MR) is 116 cm³/mol. The number of benzene rings is 2. The molecule has 4 amide bonds. The number of nitrogens with one attached hydrogen (secondary N) is 1. The summed E-state index contributed by atoms with van der Waals surface area (Å²) in [5.41, 5.74) is 0.0957. The summed E-state index contributed by atoms with van der Waals surface area (Å²) >= 11 is 12.0. The van der Waals surface area contributed by atoms with E-state index in [1.165, 1.54) is 56.5 Å². The molecule has 9 nitrogen and oxygen atoms in total. The van der Waals surface area contributed by atoms with E-state index in [0.29, 0.717) is 10.6 Å². The van der Waals surface area contributed by atoms with Crippen molar-refractivity contribution in [3.63, 3.8) is 0 Å². The molecule has 1 aliphatic rings. The SMILES string of the molecule is COc1cc(/C=C2\C(=O)NC(=O)N(c3ccc(Cl)cc3Cl)C2=O)ccc1OC(C)C(=O)O. The Kier molecular flexibility index (Phi) is 6.71. The monoisotopic (exact) mass is 478 g/mol. The number of nitrogens with zero attached hydrogens (tertiary/aromatic N) is 1. The first-order chi connectivity index (χ1) is 15.1. The lowest BCUT2D eigenvalue weighted by molar-refractivity contribution is -0.144. The van der Waals surface area contributed by atoms with Gasteiger partial charge in [0.1, 0.15) is 5.57 Å². The van der Waals surface area contributed by atoms with Crippen molar-refractivity contribution in [1.82, 2.24) is 5.32 Å². The fraction of sp³-hybridized carbons (Fsp3) is 0.143. The Labute approximate surface area is 192 Å². The van der Waals surface area contributed by atoms with Crippen LogP contribution in [0.1, 0.15) is 12.5 Å². The van der Waals surface area contributed by atoms with Gasteiger partial charge in [-0.25, -0.2) is 14.5 Å². The lowest BCUT2D eigenvalue weighted by Gasteiger charge is -2.27. The molecule has 1 saturated heterocycles. The molecule has 0 aliphatic carbocycles. The molecular formula is C21H16Cl2N2O7. The molecular weight excluding hydrogens is 463 g/mol. The standard InChI is InChI=1S/C21H16Cl2N2O7/c1-10(20(28)29)32-16-6-3-11(8-17(16)31-2)7-13-18(26)24-21(30)25(19(13)27)15-5-4-12(22)9-14(15)23/h3-10H,1-2H3,(H,28,29)(H,24,26,30)/b13-7+. The third kappa shape index (κ3) is 4.68. The topological polar surface area (TPSA) is 122 Å². The van der Waals surface area contributed by atoms with Crippen LogP contribution in [0.4, 0.5) is 10.5 Å². The van der Waals surface area contributed by atoms with Gasteiger partial charge >= 0.3 is 12.0 Å². The second-order valence-corrected chi connectivity index (χ2v) is 7.41. The summed E-state index contributed by atoms with van der Waals surface area (Å²) in [6.45, 7) is 1.36. The van der Waals surface area contributed by atoms with Crippen molar-refractivity contribution in [3.8, 4) is 11.5 Å². The van der Waals surface area contributed by atoms with Crippen molar-refractivity contribution in [1.29, 1.82) is 0 Å². The zero-order valence-corrected chi connectivity index (χ0v) is 18.2. The fourth-order valence-corrected chi connectivity index (χ4v) is 3.31. The minimum absolute atomic E-state index is 0.0467. The number of amides is 4. The van der Waals surface area contributed by atoms with Crippen molar-refractivity contribution in [3.05, 3.63) is 57.6 Å². The van der Waals surface area contributed by atoms with Crippen LogP contribution in [0, 0.1) is 0 Å².